The van der Waals surface area contributed by atoms with Gasteiger partial charge in [-0.1, -0.05) is 198 Å². The summed E-state index contributed by atoms with van der Waals surface area (Å²) >= 11 is 0. The van der Waals surface area contributed by atoms with Crippen LogP contribution in [0.5, 0.6) is 0 Å². The second-order valence-corrected chi connectivity index (χ2v) is 20.0. The van der Waals surface area contributed by atoms with Crippen molar-refractivity contribution in [3.63, 3.8) is 0 Å². The van der Waals surface area contributed by atoms with Crippen molar-refractivity contribution < 1.29 is 0 Å². The van der Waals surface area contributed by atoms with Crippen LogP contribution < -0.4 is 0 Å². The highest BCUT2D eigenvalue weighted by atomic mass is 14.9. The van der Waals surface area contributed by atoms with E-state index in [1.54, 1.807) is 16.7 Å². The molecule has 0 amide bonds. The number of aryl methyl sites for hydroxylation is 5. The second kappa shape index (κ2) is 19.6. The molecule has 0 N–H and O–H groups in total. The van der Waals surface area contributed by atoms with E-state index in [1.807, 2.05) is 12.2 Å². The minimum atomic E-state index is -0.000587. The van der Waals surface area contributed by atoms with Gasteiger partial charge < -0.3 is 4.57 Å². The summed E-state index contributed by atoms with van der Waals surface area (Å²) in [5, 5.41) is 5.44. The van der Waals surface area contributed by atoms with Crippen LogP contribution in [0.3, 0.4) is 0 Å². The molecule has 1 heterocycles. The zero-order valence-corrected chi connectivity index (χ0v) is 42.6. The highest BCUT2D eigenvalue weighted by Gasteiger charge is 2.40. The number of hydrogen-bond acceptors (Lipinski definition) is 0. The van der Waals surface area contributed by atoms with Gasteiger partial charge in [-0.15, -0.1) is 0 Å². The van der Waals surface area contributed by atoms with Gasteiger partial charge in [-0.05, 0) is 178 Å². The van der Waals surface area contributed by atoms with Gasteiger partial charge in [0.1, 0.15) is 0 Å². The normalized spacial score (nSPS) is 14.7. The molecule has 0 fully saturated rings. The molecule has 1 aromatic heterocycles. The van der Waals surface area contributed by atoms with Crippen molar-refractivity contribution in [1.82, 2.24) is 4.57 Å². The predicted molar refractivity (Wildman–Crippen MR) is 302 cm³/mol. The van der Waals surface area contributed by atoms with E-state index >= 15 is 0 Å². The molecule has 0 saturated heterocycles. The van der Waals surface area contributed by atoms with Gasteiger partial charge in [-0.25, -0.2) is 0 Å². The summed E-state index contributed by atoms with van der Waals surface area (Å²) < 4.78 is 2.26. The largest absolute Gasteiger partial charge is 0.344 e. The summed E-state index contributed by atoms with van der Waals surface area (Å²) in [6.07, 6.45) is 9.81. The maximum absolute atomic E-state index is 3.91. The number of para-hydroxylation sites is 1. The number of nitrogens with zero attached hydrogens (tertiary/aromatic N) is 1. The summed E-state index contributed by atoms with van der Waals surface area (Å²) in [7, 11) is 2.13. The molecule has 0 bridgehead atoms. The Morgan fingerprint density at radius 2 is 1.28 bits per heavy atom. The van der Waals surface area contributed by atoms with Crippen LogP contribution in [-0.2, 0) is 25.3 Å². The molecule has 1 heteroatoms. The minimum Gasteiger partial charge on any atom is -0.344 e. The number of rotatable bonds is 7. The number of hydrogen-bond donors (Lipinski definition) is 0. The monoisotopic (exact) mass is 900 g/mol. The molecule has 0 unspecified atom stereocenters. The molecule has 1 nitrogen and oxygen atoms in total. The number of fused-ring (bicyclic) bond motifs is 9. The van der Waals surface area contributed by atoms with E-state index in [2.05, 4.69) is 232 Å². The fourth-order valence-electron chi connectivity index (χ4n) is 11.8. The summed E-state index contributed by atoms with van der Waals surface area (Å²) in [4.78, 5) is 0. The first-order valence-corrected chi connectivity index (χ1v) is 25.3. The topological polar surface area (TPSA) is 4.93 Å². The van der Waals surface area contributed by atoms with E-state index in [1.165, 1.54) is 136 Å². The van der Waals surface area contributed by atoms with Crippen LogP contribution in [0.1, 0.15) is 110 Å². The van der Waals surface area contributed by atoms with Crippen molar-refractivity contribution in [2.75, 3.05) is 0 Å². The fourth-order valence-corrected chi connectivity index (χ4v) is 11.8. The smallest absolute Gasteiger partial charge is 0.0491 e. The highest BCUT2D eigenvalue weighted by molar-refractivity contribution is 6.10. The van der Waals surface area contributed by atoms with Crippen LogP contribution in [-0.4, -0.2) is 4.57 Å². The molecule has 2 aliphatic carbocycles. The highest BCUT2D eigenvalue weighted by Crippen LogP contribution is 2.56. The Morgan fingerprint density at radius 1 is 0.638 bits per heavy atom. The van der Waals surface area contributed by atoms with Crippen LogP contribution in [0, 0.1) is 20.8 Å². The Hall–Kier alpha value is -6.96. The molecule has 9 aromatic rings. The van der Waals surface area contributed by atoms with Crippen molar-refractivity contribution in [3.8, 4) is 33.4 Å². The van der Waals surface area contributed by atoms with Gasteiger partial charge >= 0.3 is 0 Å². The minimum absolute atomic E-state index is 0.000587. The van der Waals surface area contributed by atoms with Crippen LogP contribution >= 0.6 is 0 Å². The third-order valence-corrected chi connectivity index (χ3v) is 15.5. The summed E-state index contributed by atoms with van der Waals surface area (Å²) in [5.74, 6) is 0.615. The van der Waals surface area contributed by atoms with Crippen molar-refractivity contribution >= 4 is 38.2 Å². The first-order chi connectivity index (χ1) is 33.4. The average Bonchev–Trinajstić information content (AvgIpc) is 3.80. The third-order valence-electron chi connectivity index (χ3n) is 15.5. The lowest BCUT2D eigenvalue weighted by molar-refractivity contribution is 0.541. The van der Waals surface area contributed by atoms with E-state index in [0.717, 1.165) is 6.42 Å². The van der Waals surface area contributed by atoms with Gasteiger partial charge in [0.2, 0.25) is 0 Å². The van der Waals surface area contributed by atoms with Gasteiger partial charge in [0.05, 0.1) is 0 Å². The van der Waals surface area contributed by atoms with Crippen LogP contribution in [0.4, 0.5) is 0 Å². The van der Waals surface area contributed by atoms with Crippen molar-refractivity contribution in [2.45, 2.75) is 98.8 Å². The summed E-state index contributed by atoms with van der Waals surface area (Å²) in [5.41, 5.74) is 26.4. The van der Waals surface area contributed by atoms with E-state index in [4.69, 9.17) is 0 Å². The van der Waals surface area contributed by atoms with E-state index < -0.39 is 0 Å². The van der Waals surface area contributed by atoms with Crippen LogP contribution in [0.15, 0.2) is 183 Å². The number of benzene rings is 8. The van der Waals surface area contributed by atoms with Crippen molar-refractivity contribution in [3.05, 3.63) is 233 Å². The Bertz CT molecular complexity index is 3440. The molecular formula is C68H69N. The second-order valence-electron chi connectivity index (χ2n) is 20.0. The maximum atomic E-state index is 3.91. The third kappa shape index (κ3) is 8.52. The molecule has 0 radical (unpaired) electrons. The lowest BCUT2D eigenvalue weighted by Gasteiger charge is -2.32. The van der Waals surface area contributed by atoms with E-state index in [-0.39, 0.29) is 5.41 Å². The van der Waals surface area contributed by atoms with Gasteiger partial charge in [0.25, 0.3) is 0 Å². The number of allylic oxidation sites excluding steroid dienone is 4. The molecule has 2 aliphatic rings. The molecule has 11 rings (SSSR count). The average molecular weight is 900 g/mol. The van der Waals surface area contributed by atoms with Crippen LogP contribution in [0.2, 0.25) is 0 Å². The SMILES string of the molecule is C=C/C(C)=C(\C=C)c1cc(C)ccc1CC.CC[C@H]1CCCc2c3c(cc(-c4ccc(-c5ccccc5)c5ccccc45)c21)C(C)(C)c1cc(C)ccc1-3.Cc1cccc2c1c1ccccc1n2C. The van der Waals surface area contributed by atoms with Gasteiger partial charge in [0.15, 0.2) is 0 Å². The molecule has 0 saturated carbocycles. The van der Waals surface area contributed by atoms with Crippen molar-refractivity contribution in [1.29, 1.82) is 0 Å². The zero-order valence-electron chi connectivity index (χ0n) is 42.6. The van der Waals surface area contributed by atoms with Crippen LogP contribution in [0.25, 0.3) is 71.5 Å². The van der Waals surface area contributed by atoms with Gasteiger partial charge in [-0.3, -0.25) is 0 Å². The Kier molecular flexibility index (Phi) is 13.4. The zero-order chi connectivity index (χ0) is 48.6. The molecule has 69 heavy (non-hydrogen) atoms. The summed E-state index contributed by atoms with van der Waals surface area (Å²) in [6, 6.07) is 56.0. The molecular weight excluding hydrogens is 831 g/mol. The first kappa shape index (κ1) is 47.1. The van der Waals surface area contributed by atoms with E-state index in [0.29, 0.717) is 5.92 Å². The molecule has 0 aliphatic heterocycles. The first-order valence-electron chi connectivity index (χ1n) is 25.3. The predicted octanol–water partition coefficient (Wildman–Crippen LogP) is 19.0. The van der Waals surface area contributed by atoms with Gasteiger partial charge in [-0.2, -0.15) is 0 Å². The van der Waals surface area contributed by atoms with E-state index in [9.17, 15) is 0 Å². The standard InChI is InChI=1S/C38H36.C16H20.C14H13N/c1-5-25-14-11-17-32-36(25)33(23-35-37(32)31-19-18-24(2)22-34(31)38(35,3)4)30-21-20-27(26-12-7-6-8-13-26)28-15-9-10-16-29(28)30;1-6-13(5)15(8-3)16-11-12(4)9-10-14(16)7-2;1-10-6-5-9-13-14(10)11-7-3-4-8-12(11)15(13)2/h6-10,12-13,15-16,18-23,25H,5,11,14,17H2,1-4H3;6,8-11H,1,3,7H2,2,4-5H3;3-9H,1-2H3/b;15-13+;/t25-;;/m0../s1. The Balaban J connectivity index is 0.000000157. The lowest BCUT2D eigenvalue weighted by Crippen LogP contribution is -2.18. The molecule has 1 atom stereocenters. The fraction of sp³-hybridized carbons (Fsp3) is 0.235. The maximum Gasteiger partial charge on any atom is 0.0491 e. The summed E-state index contributed by atoms with van der Waals surface area (Å²) in [6.45, 7) is 25.8. The van der Waals surface area contributed by atoms with Gasteiger partial charge in [0, 0.05) is 34.3 Å². The molecule has 346 valence electrons. The Morgan fingerprint density at radius 3 is 1.99 bits per heavy atom. The van der Waals surface area contributed by atoms with Crippen molar-refractivity contribution in [2.24, 2.45) is 7.05 Å². The lowest BCUT2D eigenvalue weighted by atomic mass is 9.72. The molecule has 0 spiro atoms. The quantitative estimate of drug-likeness (QED) is 0.141. The molecule has 8 aromatic carbocycles. The Labute approximate surface area is 412 Å². The number of aromatic nitrogens is 1.